The van der Waals surface area contributed by atoms with Crippen molar-refractivity contribution in [3.8, 4) is 0 Å². The van der Waals surface area contributed by atoms with Gasteiger partial charge in [0.05, 0.1) is 0 Å². The van der Waals surface area contributed by atoms with Crippen LogP contribution in [0.2, 0.25) is 0 Å². The van der Waals surface area contributed by atoms with Crippen molar-refractivity contribution < 1.29 is 0 Å². The Balaban J connectivity index is 1.65. The van der Waals surface area contributed by atoms with Gasteiger partial charge in [-0.15, -0.1) is 0 Å². The molecule has 0 saturated heterocycles. The molecule has 1 aliphatic heterocycles. The third-order valence-corrected chi connectivity index (χ3v) is 5.19. The molecule has 5 rings (SSSR count). The Morgan fingerprint density at radius 1 is 0.875 bits per heavy atom. The average molecular weight is 312 g/mol. The number of hydrogen-bond acceptors (Lipinski definition) is 1. The van der Waals surface area contributed by atoms with Crippen molar-refractivity contribution >= 4 is 21.7 Å². The number of nitrogens with one attached hydrogen (secondary N) is 1. The van der Waals surface area contributed by atoms with Gasteiger partial charge < -0.3 is 9.88 Å². The quantitative estimate of drug-likeness (QED) is 0.577. The predicted molar refractivity (Wildman–Crippen MR) is 100 cm³/mol. The lowest BCUT2D eigenvalue weighted by molar-refractivity contribution is 0.603. The highest BCUT2D eigenvalue weighted by Gasteiger charge is 2.19. The maximum absolute atomic E-state index is 3.54. The van der Waals surface area contributed by atoms with Crippen LogP contribution >= 0.6 is 0 Å². The molecule has 1 N–H and O–H groups in total. The standard InChI is InChI=1S/C22H20N2/c1-2-6-18-13-16(9-10-17(18)5-1)15-24-21-8-4-3-7-19(21)20-11-12-23-14-22(20)24/h1-10,13,23H,11-12,14-15H2. The Kier molecular flexibility index (Phi) is 3.17. The molecule has 0 amide bonds. The molecule has 2 heteroatoms. The number of aromatic nitrogens is 1. The molecule has 0 saturated carbocycles. The van der Waals surface area contributed by atoms with Gasteiger partial charge in [-0.3, -0.25) is 0 Å². The second-order valence-electron chi connectivity index (χ2n) is 6.64. The first kappa shape index (κ1) is 13.8. The number of hydrogen-bond donors (Lipinski definition) is 1. The van der Waals surface area contributed by atoms with E-state index in [0.717, 1.165) is 26.1 Å². The summed E-state index contributed by atoms with van der Waals surface area (Å²) < 4.78 is 2.50. The van der Waals surface area contributed by atoms with Crippen molar-refractivity contribution in [2.24, 2.45) is 0 Å². The molecule has 1 aromatic heterocycles. The van der Waals surface area contributed by atoms with Crippen molar-refractivity contribution in [3.05, 3.63) is 83.6 Å². The van der Waals surface area contributed by atoms with Gasteiger partial charge in [-0.25, -0.2) is 0 Å². The normalized spacial score (nSPS) is 14.2. The zero-order chi connectivity index (χ0) is 15.9. The molecular formula is C22H20N2. The van der Waals surface area contributed by atoms with Crippen LogP contribution in [0.4, 0.5) is 0 Å². The van der Waals surface area contributed by atoms with E-state index >= 15 is 0 Å². The Morgan fingerprint density at radius 3 is 2.67 bits per heavy atom. The Labute approximate surface area is 141 Å². The largest absolute Gasteiger partial charge is 0.339 e. The molecule has 0 aliphatic carbocycles. The summed E-state index contributed by atoms with van der Waals surface area (Å²) in [5.41, 5.74) is 5.71. The number of rotatable bonds is 2. The zero-order valence-corrected chi connectivity index (χ0v) is 13.6. The Bertz CT molecular complexity index is 1040. The van der Waals surface area contributed by atoms with Crippen molar-refractivity contribution in [2.45, 2.75) is 19.5 Å². The van der Waals surface area contributed by atoms with Crippen LogP contribution in [0.3, 0.4) is 0 Å². The smallest absolute Gasteiger partial charge is 0.0488 e. The van der Waals surface area contributed by atoms with Crippen LogP contribution in [0.25, 0.3) is 21.7 Å². The van der Waals surface area contributed by atoms with Crippen LogP contribution in [-0.2, 0) is 19.5 Å². The van der Waals surface area contributed by atoms with Gasteiger partial charge in [0.1, 0.15) is 0 Å². The van der Waals surface area contributed by atoms with Crippen LogP contribution < -0.4 is 5.32 Å². The van der Waals surface area contributed by atoms with E-state index in [1.807, 2.05) is 0 Å². The maximum Gasteiger partial charge on any atom is 0.0488 e. The maximum atomic E-state index is 3.54. The molecule has 2 heterocycles. The van der Waals surface area contributed by atoms with Gasteiger partial charge in [-0.1, -0.05) is 54.6 Å². The van der Waals surface area contributed by atoms with Gasteiger partial charge in [0, 0.05) is 29.7 Å². The molecule has 118 valence electrons. The molecule has 24 heavy (non-hydrogen) atoms. The highest BCUT2D eigenvalue weighted by Crippen LogP contribution is 2.29. The second kappa shape index (κ2) is 5.50. The first-order valence-electron chi connectivity index (χ1n) is 8.67. The lowest BCUT2D eigenvalue weighted by Crippen LogP contribution is -2.25. The number of para-hydroxylation sites is 1. The molecular weight excluding hydrogens is 292 g/mol. The van der Waals surface area contributed by atoms with E-state index < -0.39 is 0 Å². The third kappa shape index (κ3) is 2.15. The topological polar surface area (TPSA) is 17.0 Å². The molecule has 0 unspecified atom stereocenters. The average Bonchev–Trinajstić information content (AvgIpc) is 2.96. The minimum atomic E-state index is 0.933. The van der Waals surface area contributed by atoms with E-state index in [1.54, 1.807) is 0 Å². The molecule has 0 fully saturated rings. The fourth-order valence-electron chi connectivity index (χ4n) is 4.03. The summed E-state index contributed by atoms with van der Waals surface area (Å²) in [4.78, 5) is 0. The highest BCUT2D eigenvalue weighted by atomic mass is 15.0. The minimum Gasteiger partial charge on any atom is -0.339 e. The molecule has 0 spiro atoms. The number of nitrogens with zero attached hydrogens (tertiary/aromatic N) is 1. The van der Waals surface area contributed by atoms with Crippen molar-refractivity contribution in [3.63, 3.8) is 0 Å². The van der Waals surface area contributed by atoms with Crippen molar-refractivity contribution in [1.82, 2.24) is 9.88 Å². The Hall–Kier alpha value is -2.58. The SMILES string of the molecule is c1ccc2cc(Cn3c4c(c5ccccc53)CCNC4)ccc2c1. The molecule has 1 aliphatic rings. The summed E-state index contributed by atoms with van der Waals surface area (Å²) in [5.74, 6) is 0. The first-order valence-corrected chi connectivity index (χ1v) is 8.67. The zero-order valence-electron chi connectivity index (χ0n) is 13.6. The van der Waals surface area contributed by atoms with Crippen LogP contribution in [0.15, 0.2) is 66.7 Å². The van der Waals surface area contributed by atoms with Gasteiger partial charge in [0.15, 0.2) is 0 Å². The van der Waals surface area contributed by atoms with E-state index in [-0.39, 0.29) is 0 Å². The van der Waals surface area contributed by atoms with E-state index in [1.165, 1.54) is 38.5 Å². The van der Waals surface area contributed by atoms with Crippen LogP contribution in [0.1, 0.15) is 16.8 Å². The molecule has 2 nitrogen and oxygen atoms in total. The summed E-state index contributed by atoms with van der Waals surface area (Å²) in [6.45, 7) is 2.98. The molecule has 3 aromatic carbocycles. The highest BCUT2D eigenvalue weighted by molar-refractivity contribution is 5.86. The molecule has 0 radical (unpaired) electrons. The van der Waals surface area contributed by atoms with Crippen molar-refractivity contribution in [1.29, 1.82) is 0 Å². The van der Waals surface area contributed by atoms with Gasteiger partial charge >= 0.3 is 0 Å². The van der Waals surface area contributed by atoms with Crippen LogP contribution in [0, 0.1) is 0 Å². The fourth-order valence-corrected chi connectivity index (χ4v) is 4.03. The predicted octanol–water partition coefficient (Wildman–Crippen LogP) is 4.49. The summed E-state index contributed by atoms with van der Waals surface area (Å²) in [7, 11) is 0. The second-order valence-corrected chi connectivity index (χ2v) is 6.64. The van der Waals surface area contributed by atoms with E-state index in [9.17, 15) is 0 Å². The van der Waals surface area contributed by atoms with Crippen LogP contribution in [-0.4, -0.2) is 11.1 Å². The van der Waals surface area contributed by atoms with Gasteiger partial charge in [0.25, 0.3) is 0 Å². The summed E-state index contributed by atoms with van der Waals surface area (Å²) in [5, 5.41) is 7.59. The first-order chi connectivity index (χ1) is 11.9. The molecule has 4 aromatic rings. The van der Waals surface area contributed by atoms with Gasteiger partial charge in [-0.05, 0) is 47.0 Å². The fraction of sp³-hybridized carbons (Fsp3) is 0.182. The Morgan fingerprint density at radius 2 is 1.71 bits per heavy atom. The lowest BCUT2D eigenvalue weighted by Gasteiger charge is -2.17. The van der Waals surface area contributed by atoms with Crippen LogP contribution in [0.5, 0.6) is 0 Å². The summed E-state index contributed by atoms with van der Waals surface area (Å²) in [6.07, 6.45) is 1.13. The monoisotopic (exact) mass is 312 g/mol. The van der Waals surface area contributed by atoms with Crippen molar-refractivity contribution in [2.75, 3.05) is 6.54 Å². The minimum absolute atomic E-state index is 0.933. The van der Waals surface area contributed by atoms with E-state index in [4.69, 9.17) is 0 Å². The number of benzene rings is 3. The number of fused-ring (bicyclic) bond motifs is 4. The summed E-state index contributed by atoms with van der Waals surface area (Å²) in [6, 6.07) is 24.3. The molecule has 0 atom stereocenters. The third-order valence-electron chi connectivity index (χ3n) is 5.19. The molecule has 0 bridgehead atoms. The van der Waals surface area contributed by atoms with E-state index in [0.29, 0.717) is 0 Å². The van der Waals surface area contributed by atoms with Gasteiger partial charge in [-0.2, -0.15) is 0 Å². The summed E-state index contributed by atoms with van der Waals surface area (Å²) >= 11 is 0. The van der Waals surface area contributed by atoms with E-state index in [2.05, 4.69) is 76.6 Å². The van der Waals surface area contributed by atoms with Gasteiger partial charge in [0.2, 0.25) is 0 Å². The lowest BCUT2D eigenvalue weighted by atomic mass is 10.0.